The zero-order valence-corrected chi connectivity index (χ0v) is 14.4. The Hall–Kier alpha value is -3.06. The SMILES string of the molecule is CC(C(=O)Nc1ccc(F)c(Cl)c1)n1nc(-c2cccnc2)ccc1=O. The highest BCUT2D eigenvalue weighted by molar-refractivity contribution is 6.31. The predicted molar refractivity (Wildman–Crippen MR) is 96.5 cm³/mol. The van der Waals surface area contributed by atoms with Crippen LogP contribution in [0.25, 0.3) is 11.3 Å². The summed E-state index contributed by atoms with van der Waals surface area (Å²) in [5, 5.41) is 6.74. The second-order valence-electron chi connectivity index (χ2n) is 5.54. The number of aromatic nitrogens is 3. The molecule has 0 saturated carbocycles. The van der Waals surface area contributed by atoms with Gasteiger partial charge in [0.25, 0.3) is 5.56 Å². The van der Waals surface area contributed by atoms with Crippen LogP contribution in [0.2, 0.25) is 5.02 Å². The van der Waals surface area contributed by atoms with E-state index in [0.29, 0.717) is 11.4 Å². The number of hydrogen-bond donors (Lipinski definition) is 1. The van der Waals surface area contributed by atoms with E-state index >= 15 is 0 Å². The molecule has 0 aliphatic heterocycles. The summed E-state index contributed by atoms with van der Waals surface area (Å²) in [6.07, 6.45) is 3.24. The average Bonchev–Trinajstić information content (AvgIpc) is 2.65. The molecule has 26 heavy (non-hydrogen) atoms. The van der Waals surface area contributed by atoms with E-state index in [0.717, 1.165) is 16.3 Å². The summed E-state index contributed by atoms with van der Waals surface area (Å²) in [4.78, 5) is 28.6. The minimum absolute atomic E-state index is 0.107. The fraction of sp³-hybridized carbons (Fsp3) is 0.111. The molecule has 132 valence electrons. The molecule has 2 heterocycles. The quantitative estimate of drug-likeness (QED) is 0.762. The Kier molecular flexibility index (Phi) is 5.09. The Morgan fingerprint density at radius 1 is 1.27 bits per heavy atom. The summed E-state index contributed by atoms with van der Waals surface area (Å²) in [7, 11) is 0. The van der Waals surface area contributed by atoms with Gasteiger partial charge in [-0.1, -0.05) is 11.6 Å². The van der Waals surface area contributed by atoms with Gasteiger partial charge in [-0.3, -0.25) is 14.6 Å². The maximum Gasteiger partial charge on any atom is 0.267 e. The lowest BCUT2D eigenvalue weighted by Gasteiger charge is -2.15. The van der Waals surface area contributed by atoms with Crippen LogP contribution in [0.15, 0.2) is 59.7 Å². The standard InChI is InChI=1S/C18H14ClFN4O2/c1-11(18(26)22-13-4-5-15(20)14(19)9-13)24-17(25)7-6-16(23-24)12-3-2-8-21-10-12/h2-11H,1H3,(H,22,26). The maximum absolute atomic E-state index is 13.2. The van der Waals surface area contributed by atoms with Crippen molar-refractivity contribution in [1.29, 1.82) is 0 Å². The monoisotopic (exact) mass is 372 g/mol. The number of hydrogen-bond acceptors (Lipinski definition) is 4. The molecule has 0 spiro atoms. The van der Waals surface area contributed by atoms with E-state index in [1.54, 1.807) is 37.5 Å². The lowest BCUT2D eigenvalue weighted by atomic mass is 10.2. The molecule has 0 radical (unpaired) electrons. The van der Waals surface area contributed by atoms with Crippen LogP contribution in [0.3, 0.4) is 0 Å². The number of carbonyl (C=O) groups excluding carboxylic acids is 1. The van der Waals surface area contributed by atoms with E-state index in [1.807, 2.05) is 0 Å². The zero-order valence-electron chi connectivity index (χ0n) is 13.7. The van der Waals surface area contributed by atoms with E-state index < -0.39 is 23.3 Å². The van der Waals surface area contributed by atoms with Gasteiger partial charge in [0.15, 0.2) is 0 Å². The molecule has 1 unspecified atom stereocenters. The van der Waals surface area contributed by atoms with Crippen molar-refractivity contribution in [1.82, 2.24) is 14.8 Å². The number of anilines is 1. The maximum atomic E-state index is 13.2. The summed E-state index contributed by atoms with van der Waals surface area (Å²) in [6.45, 7) is 1.54. The number of rotatable bonds is 4. The summed E-state index contributed by atoms with van der Waals surface area (Å²) in [5.41, 5.74) is 1.14. The van der Waals surface area contributed by atoms with E-state index in [4.69, 9.17) is 11.6 Å². The Labute approximate surface area is 153 Å². The molecule has 0 bridgehead atoms. The second kappa shape index (κ2) is 7.45. The molecule has 0 aliphatic rings. The van der Waals surface area contributed by atoms with Crippen LogP contribution in [-0.2, 0) is 4.79 Å². The number of nitrogens with zero attached hydrogens (tertiary/aromatic N) is 3. The normalized spacial score (nSPS) is 11.8. The summed E-state index contributed by atoms with van der Waals surface area (Å²) < 4.78 is 14.3. The number of benzene rings is 1. The summed E-state index contributed by atoms with van der Waals surface area (Å²) >= 11 is 5.71. The number of halogens is 2. The topological polar surface area (TPSA) is 76.9 Å². The highest BCUT2D eigenvalue weighted by Gasteiger charge is 2.18. The third-order valence-electron chi connectivity index (χ3n) is 3.72. The number of pyridine rings is 1. The first-order valence-corrected chi connectivity index (χ1v) is 8.09. The van der Waals surface area contributed by atoms with Crippen LogP contribution in [0.5, 0.6) is 0 Å². The van der Waals surface area contributed by atoms with E-state index in [9.17, 15) is 14.0 Å². The lowest BCUT2D eigenvalue weighted by molar-refractivity contribution is -0.119. The van der Waals surface area contributed by atoms with Gasteiger partial charge in [-0.15, -0.1) is 0 Å². The molecule has 0 aliphatic carbocycles. The smallest absolute Gasteiger partial charge is 0.267 e. The Morgan fingerprint density at radius 2 is 2.08 bits per heavy atom. The third kappa shape index (κ3) is 3.78. The van der Waals surface area contributed by atoms with Gasteiger partial charge in [-0.05, 0) is 43.3 Å². The highest BCUT2D eigenvalue weighted by Crippen LogP contribution is 2.20. The van der Waals surface area contributed by atoms with Crippen molar-refractivity contribution < 1.29 is 9.18 Å². The van der Waals surface area contributed by atoms with Gasteiger partial charge in [0, 0.05) is 29.7 Å². The van der Waals surface area contributed by atoms with Crippen molar-refractivity contribution in [2.24, 2.45) is 0 Å². The van der Waals surface area contributed by atoms with Crippen LogP contribution >= 0.6 is 11.6 Å². The van der Waals surface area contributed by atoms with Crippen molar-refractivity contribution in [3.8, 4) is 11.3 Å². The molecular weight excluding hydrogens is 359 g/mol. The lowest BCUT2D eigenvalue weighted by Crippen LogP contribution is -2.33. The molecule has 1 amide bonds. The molecule has 8 heteroatoms. The van der Waals surface area contributed by atoms with Crippen LogP contribution in [0.1, 0.15) is 13.0 Å². The second-order valence-corrected chi connectivity index (χ2v) is 5.94. The molecule has 2 aromatic heterocycles. The van der Waals surface area contributed by atoms with Crippen molar-refractivity contribution >= 4 is 23.2 Å². The van der Waals surface area contributed by atoms with Crippen molar-refractivity contribution in [2.75, 3.05) is 5.32 Å². The molecule has 3 rings (SSSR count). The van der Waals surface area contributed by atoms with Gasteiger partial charge in [0.1, 0.15) is 11.9 Å². The van der Waals surface area contributed by atoms with E-state index in [-0.39, 0.29) is 5.02 Å². The fourth-order valence-electron chi connectivity index (χ4n) is 2.30. The molecule has 3 aromatic rings. The largest absolute Gasteiger partial charge is 0.324 e. The molecular formula is C18H14ClFN4O2. The van der Waals surface area contributed by atoms with Gasteiger partial charge >= 0.3 is 0 Å². The number of carbonyl (C=O) groups is 1. The summed E-state index contributed by atoms with van der Waals surface area (Å²) in [5.74, 6) is -1.06. The van der Waals surface area contributed by atoms with Crippen molar-refractivity contribution in [3.63, 3.8) is 0 Å². The van der Waals surface area contributed by atoms with E-state index in [2.05, 4.69) is 15.4 Å². The average molecular weight is 373 g/mol. The highest BCUT2D eigenvalue weighted by atomic mass is 35.5. The summed E-state index contributed by atoms with van der Waals surface area (Å²) in [6, 6.07) is 9.40. The minimum Gasteiger partial charge on any atom is -0.324 e. The van der Waals surface area contributed by atoms with Gasteiger partial charge in [-0.2, -0.15) is 5.10 Å². The van der Waals surface area contributed by atoms with Crippen molar-refractivity contribution in [2.45, 2.75) is 13.0 Å². The molecule has 1 aromatic carbocycles. The first-order chi connectivity index (χ1) is 12.5. The Morgan fingerprint density at radius 3 is 2.77 bits per heavy atom. The zero-order chi connectivity index (χ0) is 18.7. The van der Waals surface area contributed by atoms with Crippen LogP contribution in [-0.4, -0.2) is 20.7 Å². The molecule has 0 fully saturated rings. The van der Waals surface area contributed by atoms with Gasteiger partial charge in [-0.25, -0.2) is 9.07 Å². The first-order valence-electron chi connectivity index (χ1n) is 7.72. The minimum atomic E-state index is -0.886. The molecule has 0 saturated heterocycles. The molecule has 1 atom stereocenters. The van der Waals surface area contributed by atoms with E-state index in [1.165, 1.54) is 18.2 Å². The predicted octanol–water partition coefficient (Wildman–Crippen LogP) is 3.30. The Bertz CT molecular complexity index is 1010. The third-order valence-corrected chi connectivity index (χ3v) is 4.01. The van der Waals surface area contributed by atoms with Crippen LogP contribution in [0, 0.1) is 5.82 Å². The number of nitrogens with one attached hydrogen (secondary N) is 1. The van der Waals surface area contributed by atoms with Crippen LogP contribution in [0.4, 0.5) is 10.1 Å². The number of amides is 1. The Balaban J connectivity index is 1.86. The molecule has 6 nitrogen and oxygen atoms in total. The molecule has 1 N–H and O–H groups in total. The fourth-order valence-corrected chi connectivity index (χ4v) is 2.48. The van der Waals surface area contributed by atoms with Gasteiger partial charge in [0.2, 0.25) is 5.91 Å². The van der Waals surface area contributed by atoms with Gasteiger partial charge < -0.3 is 5.32 Å². The van der Waals surface area contributed by atoms with Gasteiger partial charge in [0.05, 0.1) is 10.7 Å². The van der Waals surface area contributed by atoms with Crippen molar-refractivity contribution in [3.05, 3.63) is 76.1 Å². The van der Waals surface area contributed by atoms with Crippen LogP contribution < -0.4 is 10.9 Å². The first kappa shape index (κ1) is 17.8.